The standard InChI is InChI=1S/C23H17ClFNO5S/c1-2-18(13-5-3-4-6-16(13)25)31-12-7-8-15(24)17(9-12)26-20(27)10-19-21(22(26)28)14(11-32-19)23(29)30/h3-9,11,18H,2,10H2,1H3,(H,29,30). The minimum absolute atomic E-state index is 0.0118. The lowest BCUT2D eigenvalue weighted by Crippen LogP contribution is -2.42. The summed E-state index contributed by atoms with van der Waals surface area (Å²) < 4.78 is 20.2. The van der Waals surface area contributed by atoms with E-state index in [-0.39, 0.29) is 34.0 Å². The van der Waals surface area contributed by atoms with Gasteiger partial charge in [0.2, 0.25) is 5.91 Å². The van der Waals surface area contributed by atoms with E-state index in [0.717, 1.165) is 16.2 Å². The van der Waals surface area contributed by atoms with Crippen molar-refractivity contribution in [3.05, 3.63) is 80.3 Å². The summed E-state index contributed by atoms with van der Waals surface area (Å²) in [6.07, 6.45) is -0.242. The normalized spacial score (nSPS) is 14.3. The lowest BCUT2D eigenvalue weighted by atomic mass is 10.0. The number of carboxylic acids is 1. The van der Waals surface area contributed by atoms with Crippen LogP contribution in [0.4, 0.5) is 10.1 Å². The van der Waals surface area contributed by atoms with Crippen molar-refractivity contribution in [1.82, 2.24) is 0 Å². The van der Waals surface area contributed by atoms with E-state index in [2.05, 4.69) is 0 Å². The third-order valence-electron chi connectivity index (χ3n) is 5.14. The molecule has 4 rings (SSSR count). The number of hydrogen-bond acceptors (Lipinski definition) is 5. The van der Waals surface area contributed by atoms with Gasteiger partial charge in [0, 0.05) is 21.9 Å². The van der Waals surface area contributed by atoms with Crippen molar-refractivity contribution in [2.75, 3.05) is 4.90 Å². The number of thiophene rings is 1. The molecular weight excluding hydrogens is 457 g/mol. The number of fused-ring (bicyclic) bond motifs is 1. The molecule has 0 aliphatic carbocycles. The Morgan fingerprint density at radius 1 is 1.28 bits per heavy atom. The zero-order valence-corrected chi connectivity index (χ0v) is 18.4. The highest BCUT2D eigenvalue weighted by molar-refractivity contribution is 7.11. The average Bonchev–Trinajstić information content (AvgIpc) is 3.19. The first-order chi connectivity index (χ1) is 15.3. The highest BCUT2D eigenvalue weighted by atomic mass is 35.5. The lowest BCUT2D eigenvalue weighted by molar-refractivity contribution is -0.117. The van der Waals surface area contributed by atoms with E-state index < -0.39 is 29.7 Å². The molecule has 1 unspecified atom stereocenters. The van der Waals surface area contributed by atoms with Crippen LogP contribution in [0, 0.1) is 5.82 Å². The van der Waals surface area contributed by atoms with Crippen LogP contribution in [0.3, 0.4) is 0 Å². The summed E-state index contributed by atoms with van der Waals surface area (Å²) >= 11 is 7.36. The third kappa shape index (κ3) is 3.87. The van der Waals surface area contributed by atoms with Crippen LogP contribution in [-0.4, -0.2) is 22.9 Å². The number of nitrogens with zero attached hydrogens (tertiary/aromatic N) is 1. The largest absolute Gasteiger partial charge is 0.486 e. The molecule has 0 spiro atoms. The number of halogens is 2. The number of ether oxygens (including phenoxy) is 1. The smallest absolute Gasteiger partial charge is 0.337 e. The van der Waals surface area contributed by atoms with Crippen molar-refractivity contribution < 1.29 is 28.6 Å². The molecule has 6 nitrogen and oxygen atoms in total. The van der Waals surface area contributed by atoms with E-state index in [1.54, 1.807) is 24.3 Å². The fraction of sp³-hybridized carbons (Fsp3) is 0.174. The first-order valence-corrected chi connectivity index (χ1v) is 11.0. The Labute approximate surface area is 191 Å². The number of aromatic carboxylic acids is 1. The summed E-state index contributed by atoms with van der Waals surface area (Å²) in [6, 6.07) is 10.7. The van der Waals surface area contributed by atoms with Crippen LogP contribution in [-0.2, 0) is 11.2 Å². The van der Waals surface area contributed by atoms with Gasteiger partial charge in [-0.05, 0) is 24.6 Å². The van der Waals surface area contributed by atoms with Crippen LogP contribution in [0.15, 0.2) is 47.8 Å². The number of hydrogen-bond donors (Lipinski definition) is 1. The van der Waals surface area contributed by atoms with Gasteiger partial charge in [-0.15, -0.1) is 11.3 Å². The minimum Gasteiger partial charge on any atom is -0.486 e. The molecule has 0 fully saturated rings. The predicted molar refractivity (Wildman–Crippen MR) is 118 cm³/mol. The van der Waals surface area contributed by atoms with Gasteiger partial charge in [-0.1, -0.05) is 36.7 Å². The summed E-state index contributed by atoms with van der Waals surface area (Å²) in [5, 5.41) is 10.9. The molecule has 0 bridgehead atoms. The van der Waals surface area contributed by atoms with Gasteiger partial charge in [0.1, 0.15) is 17.7 Å². The van der Waals surface area contributed by atoms with E-state index in [0.29, 0.717) is 16.9 Å². The monoisotopic (exact) mass is 473 g/mol. The SMILES string of the molecule is CCC(Oc1ccc(Cl)c(N2C(=O)Cc3scc(C(=O)O)c3C2=O)c1)c1ccccc1F. The first-order valence-electron chi connectivity index (χ1n) is 9.73. The van der Waals surface area contributed by atoms with Gasteiger partial charge in [0.15, 0.2) is 0 Å². The van der Waals surface area contributed by atoms with Crippen LogP contribution < -0.4 is 9.64 Å². The molecule has 1 N–H and O–H groups in total. The third-order valence-corrected chi connectivity index (χ3v) is 6.44. The van der Waals surface area contributed by atoms with Crippen LogP contribution >= 0.6 is 22.9 Å². The minimum atomic E-state index is -1.25. The zero-order chi connectivity index (χ0) is 23.0. The second kappa shape index (κ2) is 8.72. The van der Waals surface area contributed by atoms with Gasteiger partial charge in [0.05, 0.1) is 28.3 Å². The number of carbonyl (C=O) groups is 3. The van der Waals surface area contributed by atoms with Gasteiger partial charge in [-0.25, -0.2) is 14.1 Å². The summed E-state index contributed by atoms with van der Waals surface area (Å²) in [4.78, 5) is 38.7. The molecule has 2 amide bonds. The number of benzene rings is 2. The number of anilines is 1. The van der Waals surface area contributed by atoms with Crippen LogP contribution in [0.2, 0.25) is 5.02 Å². The van der Waals surface area contributed by atoms with E-state index >= 15 is 0 Å². The number of carbonyl (C=O) groups excluding carboxylic acids is 2. The molecule has 0 saturated heterocycles. The van der Waals surface area contributed by atoms with Crippen molar-refractivity contribution in [2.45, 2.75) is 25.9 Å². The topological polar surface area (TPSA) is 83.9 Å². The predicted octanol–water partition coefficient (Wildman–Crippen LogP) is 5.50. The quantitative estimate of drug-likeness (QED) is 0.478. The summed E-state index contributed by atoms with van der Waals surface area (Å²) in [6.45, 7) is 1.84. The number of imide groups is 1. The maximum absolute atomic E-state index is 14.2. The fourth-order valence-corrected chi connectivity index (χ4v) is 4.81. The van der Waals surface area contributed by atoms with Crippen molar-refractivity contribution in [3.63, 3.8) is 0 Å². The van der Waals surface area contributed by atoms with Gasteiger partial charge < -0.3 is 9.84 Å². The van der Waals surface area contributed by atoms with Gasteiger partial charge in [-0.3, -0.25) is 9.59 Å². The Hall–Kier alpha value is -3.23. The molecule has 2 aromatic carbocycles. The Bertz CT molecular complexity index is 1240. The summed E-state index contributed by atoms with van der Waals surface area (Å²) in [7, 11) is 0. The molecule has 2 heterocycles. The van der Waals surface area contributed by atoms with Crippen LogP contribution in [0.1, 0.15) is 50.6 Å². The van der Waals surface area contributed by atoms with Gasteiger partial charge >= 0.3 is 5.97 Å². The molecule has 9 heteroatoms. The first kappa shape index (κ1) is 22.0. The summed E-state index contributed by atoms with van der Waals surface area (Å²) in [5.41, 5.74) is 0.297. The van der Waals surface area contributed by atoms with Crippen LogP contribution in [0.25, 0.3) is 0 Å². The molecule has 0 radical (unpaired) electrons. The molecule has 0 saturated carbocycles. The summed E-state index contributed by atoms with van der Waals surface area (Å²) in [5.74, 6) is -2.64. The lowest BCUT2D eigenvalue weighted by Gasteiger charge is -2.27. The Morgan fingerprint density at radius 2 is 2.03 bits per heavy atom. The van der Waals surface area contributed by atoms with Gasteiger partial charge in [-0.2, -0.15) is 0 Å². The maximum Gasteiger partial charge on any atom is 0.337 e. The molecule has 32 heavy (non-hydrogen) atoms. The van der Waals surface area contributed by atoms with E-state index in [1.165, 1.54) is 23.6 Å². The average molecular weight is 474 g/mol. The highest BCUT2D eigenvalue weighted by Gasteiger charge is 2.38. The molecule has 1 aliphatic rings. The second-order valence-electron chi connectivity index (χ2n) is 7.11. The maximum atomic E-state index is 14.2. The molecule has 1 aromatic heterocycles. The van der Waals surface area contributed by atoms with E-state index in [1.807, 2.05) is 6.92 Å². The Morgan fingerprint density at radius 3 is 2.72 bits per heavy atom. The fourth-order valence-electron chi connectivity index (χ4n) is 3.61. The van der Waals surface area contributed by atoms with Crippen molar-refractivity contribution >= 4 is 46.4 Å². The second-order valence-corrected chi connectivity index (χ2v) is 8.48. The molecule has 1 aliphatic heterocycles. The van der Waals surface area contributed by atoms with Crippen molar-refractivity contribution in [3.8, 4) is 5.75 Å². The molecule has 3 aromatic rings. The molecular formula is C23H17ClFNO5S. The van der Waals surface area contributed by atoms with Crippen molar-refractivity contribution in [2.24, 2.45) is 0 Å². The van der Waals surface area contributed by atoms with E-state index in [4.69, 9.17) is 16.3 Å². The Kier molecular flexibility index (Phi) is 5.99. The van der Waals surface area contributed by atoms with Crippen LogP contribution in [0.5, 0.6) is 5.75 Å². The molecule has 164 valence electrons. The Balaban J connectivity index is 1.70. The number of amides is 2. The highest BCUT2D eigenvalue weighted by Crippen LogP contribution is 2.38. The van der Waals surface area contributed by atoms with Gasteiger partial charge in [0.25, 0.3) is 5.91 Å². The number of carboxylic acid groups (broad SMARTS) is 1. The zero-order valence-electron chi connectivity index (χ0n) is 16.8. The van der Waals surface area contributed by atoms with Crippen molar-refractivity contribution in [1.29, 1.82) is 0 Å². The molecule has 1 atom stereocenters. The number of rotatable bonds is 6. The van der Waals surface area contributed by atoms with E-state index in [9.17, 15) is 23.9 Å².